The van der Waals surface area contributed by atoms with Crippen molar-refractivity contribution >= 4 is 32.6 Å². The number of nitrogens with one attached hydrogen (secondary N) is 1. The summed E-state index contributed by atoms with van der Waals surface area (Å²) < 4.78 is 33.0. The third-order valence-electron chi connectivity index (χ3n) is 3.82. The highest BCUT2D eigenvalue weighted by atomic mass is 32.2. The molecular weight excluding hydrogens is 384 g/mol. The Balaban J connectivity index is 1.93. The number of amides is 1. The first kappa shape index (κ1) is 19.6. The van der Waals surface area contributed by atoms with Gasteiger partial charge in [0.15, 0.2) is 0 Å². The van der Waals surface area contributed by atoms with Gasteiger partial charge in [-0.2, -0.15) is 0 Å². The van der Waals surface area contributed by atoms with Gasteiger partial charge in [-0.25, -0.2) is 18.4 Å². The van der Waals surface area contributed by atoms with Crippen molar-refractivity contribution in [2.75, 3.05) is 11.9 Å². The van der Waals surface area contributed by atoms with E-state index in [0.29, 0.717) is 29.0 Å². The molecule has 28 heavy (non-hydrogen) atoms. The van der Waals surface area contributed by atoms with Crippen LogP contribution in [0.25, 0.3) is 11.0 Å². The first-order valence-corrected chi connectivity index (χ1v) is 10.1. The maximum absolute atomic E-state index is 12.7. The van der Waals surface area contributed by atoms with Crippen molar-refractivity contribution in [1.29, 1.82) is 0 Å². The monoisotopic (exact) mass is 402 g/mol. The molecule has 0 atom stereocenters. The number of nitrogens with two attached hydrogens (primary N) is 1. The van der Waals surface area contributed by atoms with E-state index in [9.17, 15) is 18.0 Å². The molecule has 3 aromatic rings. The summed E-state index contributed by atoms with van der Waals surface area (Å²) in [6.45, 7) is 2.28. The van der Waals surface area contributed by atoms with E-state index in [2.05, 4.69) is 5.32 Å². The van der Waals surface area contributed by atoms with Gasteiger partial charge in [0.05, 0.1) is 17.9 Å². The van der Waals surface area contributed by atoms with Gasteiger partial charge in [0.25, 0.3) is 5.91 Å². The number of rotatable bonds is 6. The summed E-state index contributed by atoms with van der Waals surface area (Å²) in [5.74, 6) is -0.365. The Hall–Kier alpha value is -3.17. The molecule has 0 radical (unpaired) electrons. The average Bonchev–Trinajstić information content (AvgIpc) is 2.59. The smallest absolute Gasteiger partial charge is 0.337 e. The lowest BCUT2D eigenvalue weighted by molar-refractivity contribution is 0.102. The number of carbonyl (C=O) groups is 1. The van der Waals surface area contributed by atoms with Gasteiger partial charge in [0.2, 0.25) is 10.0 Å². The molecule has 0 aliphatic heterocycles. The Morgan fingerprint density at radius 2 is 1.96 bits per heavy atom. The second kappa shape index (κ2) is 7.83. The van der Waals surface area contributed by atoms with Gasteiger partial charge >= 0.3 is 5.63 Å². The Morgan fingerprint density at radius 3 is 2.68 bits per heavy atom. The van der Waals surface area contributed by atoms with Crippen molar-refractivity contribution in [3.05, 3.63) is 70.1 Å². The van der Waals surface area contributed by atoms with Crippen molar-refractivity contribution in [2.45, 2.75) is 12.7 Å². The molecule has 0 spiro atoms. The largest absolute Gasteiger partial charge is 0.494 e. The summed E-state index contributed by atoms with van der Waals surface area (Å²) >= 11 is 0. The number of anilines is 1. The van der Waals surface area contributed by atoms with E-state index >= 15 is 0 Å². The normalized spacial score (nSPS) is 11.4. The number of benzene rings is 2. The molecule has 2 aromatic carbocycles. The van der Waals surface area contributed by atoms with E-state index in [1.807, 2.05) is 6.92 Å². The maximum atomic E-state index is 12.7. The Bertz CT molecular complexity index is 1200. The molecule has 146 valence electrons. The third kappa shape index (κ3) is 4.76. The average molecular weight is 402 g/mol. The van der Waals surface area contributed by atoms with E-state index in [1.54, 1.807) is 36.4 Å². The molecule has 0 unspecified atom stereocenters. The molecule has 3 N–H and O–H groups in total. The van der Waals surface area contributed by atoms with Crippen LogP contribution in [0.1, 0.15) is 22.8 Å². The van der Waals surface area contributed by atoms with Gasteiger partial charge < -0.3 is 14.5 Å². The fraction of sp³-hybridized carbons (Fsp3) is 0.158. The van der Waals surface area contributed by atoms with Crippen LogP contribution in [0, 0.1) is 0 Å². The van der Waals surface area contributed by atoms with Crippen LogP contribution < -0.4 is 20.8 Å². The lowest BCUT2D eigenvalue weighted by Crippen LogP contribution is -2.16. The molecular formula is C19H18N2O6S. The van der Waals surface area contributed by atoms with Crippen molar-refractivity contribution in [2.24, 2.45) is 5.14 Å². The van der Waals surface area contributed by atoms with Crippen LogP contribution in [-0.2, 0) is 15.8 Å². The maximum Gasteiger partial charge on any atom is 0.337 e. The van der Waals surface area contributed by atoms with Crippen molar-refractivity contribution in [3.8, 4) is 5.75 Å². The standard InChI is InChI=1S/C19H18N2O6S/c1-2-26-14-6-7-15-16(10-18(22)27-17(15)9-14)19(23)21-13-5-3-4-12(8-13)11-28(20,24)25/h3-10H,2,11H2,1H3,(H,21,23)(H2,20,24,25). The molecule has 0 aliphatic rings. The van der Waals surface area contributed by atoms with Gasteiger partial charge in [-0.1, -0.05) is 12.1 Å². The number of hydrogen-bond acceptors (Lipinski definition) is 6. The van der Waals surface area contributed by atoms with Crippen LogP contribution in [0.5, 0.6) is 5.75 Å². The predicted molar refractivity (Wildman–Crippen MR) is 105 cm³/mol. The Labute approximate surface area is 161 Å². The number of sulfonamides is 1. The molecule has 8 nitrogen and oxygen atoms in total. The summed E-state index contributed by atoms with van der Waals surface area (Å²) in [7, 11) is -3.70. The van der Waals surface area contributed by atoms with Crippen LogP contribution in [0.2, 0.25) is 0 Å². The van der Waals surface area contributed by atoms with Gasteiger partial charge in [-0.15, -0.1) is 0 Å². The highest BCUT2D eigenvalue weighted by Gasteiger charge is 2.15. The number of ether oxygens (including phenoxy) is 1. The fourth-order valence-electron chi connectivity index (χ4n) is 2.76. The molecule has 0 saturated carbocycles. The summed E-state index contributed by atoms with van der Waals surface area (Å²) in [5.41, 5.74) is 0.490. The summed E-state index contributed by atoms with van der Waals surface area (Å²) in [6, 6.07) is 12.2. The van der Waals surface area contributed by atoms with Crippen molar-refractivity contribution in [1.82, 2.24) is 0 Å². The first-order chi connectivity index (χ1) is 13.2. The quantitative estimate of drug-likeness (QED) is 0.609. The van der Waals surface area contributed by atoms with E-state index < -0.39 is 21.6 Å². The molecule has 1 aromatic heterocycles. The summed E-state index contributed by atoms with van der Waals surface area (Å²) in [4.78, 5) is 24.6. The van der Waals surface area contributed by atoms with Crippen LogP contribution >= 0.6 is 0 Å². The van der Waals surface area contributed by atoms with Crippen LogP contribution in [-0.4, -0.2) is 20.9 Å². The van der Waals surface area contributed by atoms with Crippen molar-refractivity contribution in [3.63, 3.8) is 0 Å². The number of carbonyl (C=O) groups excluding carboxylic acids is 1. The van der Waals surface area contributed by atoms with Gasteiger partial charge in [0.1, 0.15) is 11.3 Å². The topological polar surface area (TPSA) is 129 Å². The predicted octanol–water partition coefficient (Wildman–Crippen LogP) is 2.23. The lowest BCUT2D eigenvalue weighted by Gasteiger charge is -2.10. The molecule has 1 heterocycles. The van der Waals surface area contributed by atoms with Crippen molar-refractivity contribution < 1.29 is 22.4 Å². The zero-order valence-corrected chi connectivity index (χ0v) is 15.8. The molecule has 0 bridgehead atoms. The highest BCUT2D eigenvalue weighted by molar-refractivity contribution is 7.88. The minimum Gasteiger partial charge on any atom is -0.494 e. The molecule has 3 rings (SSSR count). The second-order valence-corrected chi connectivity index (χ2v) is 7.65. The molecule has 0 fully saturated rings. The molecule has 0 aliphatic carbocycles. The SMILES string of the molecule is CCOc1ccc2c(C(=O)Nc3cccc(CS(N)(=O)=O)c3)cc(=O)oc2c1. The van der Waals surface area contributed by atoms with E-state index in [0.717, 1.165) is 6.07 Å². The number of hydrogen-bond donors (Lipinski definition) is 2. The molecule has 9 heteroatoms. The number of fused-ring (bicyclic) bond motifs is 1. The zero-order chi connectivity index (χ0) is 20.3. The van der Waals surface area contributed by atoms with Gasteiger partial charge in [-0.3, -0.25) is 4.79 Å². The van der Waals surface area contributed by atoms with Gasteiger partial charge in [-0.05, 0) is 36.8 Å². The second-order valence-electron chi connectivity index (χ2n) is 6.03. The van der Waals surface area contributed by atoms with Crippen LogP contribution in [0.15, 0.2) is 57.7 Å². The summed E-state index contributed by atoms with van der Waals surface area (Å²) in [6.07, 6.45) is 0. The van der Waals surface area contributed by atoms with Crippen LogP contribution in [0.3, 0.4) is 0 Å². The summed E-state index contributed by atoms with van der Waals surface area (Å²) in [5, 5.41) is 8.15. The van der Waals surface area contributed by atoms with Gasteiger partial charge in [0, 0.05) is 23.2 Å². The van der Waals surface area contributed by atoms with E-state index in [-0.39, 0.29) is 16.9 Å². The number of primary sulfonamides is 1. The highest BCUT2D eigenvalue weighted by Crippen LogP contribution is 2.24. The first-order valence-electron chi connectivity index (χ1n) is 8.36. The van der Waals surface area contributed by atoms with E-state index in [4.69, 9.17) is 14.3 Å². The molecule has 1 amide bonds. The Morgan fingerprint density at radius 1 is 1.18 bits per heavy atom. The minimum atomic E-state index is -3.70. The third-order valence-corrected chi connectivity index (χ3v) is 4.56. The Kier molecular flexibility index (Phi) is 5.48. The zero-order valence-electron chi connectivity index (χ0n) is 15.0. The molecule has 0 saturated heterocycles. The van der Waals surface area contributed by atoms with Crippen LogP contribution in [0.4, 0.5) is 5.69 Å². The lowest BCUT2D eigenvalue weighted by atomic mass is 10.1. The van der Waals surface area contributed by atoms with E-state index in [1.165, 1.54) is 6.07 Å². The minimum absolute atomic E-state index is 0.131. The fourth-order valence-corrected chi connectivity index (χ4v) is 3.40.